The number of fused-ring (bicyclic) bond motifs is 1. The molecule has 6 nitrogen and oxygen atoms in total. The quantitative estimate of drug-likeness (QED) is 0.524. The standard InChI is InChI=1S/C22H21FN4O2/c1-3-12-26-21(28)18-20(25(2)22(26)29)24-19(16-10-7-11-17(23)13-16)27(18)14-15-8-5-4-6-9-15/h4-11,13H,3,12,14H2,1-2H3. The van der Waals surface area contributed by atoms with Gasteiger partial charge in [-0.3, -0.25) is 13.9 Å². The van der Waals surface area contributed by atoms with Crippen LogP contribution in [-0.4, -0.2) is 18.7 Å². The summed E-state index contributed by atoms with van der Waals surface area (Å²) in [4.78, 5) is 30.5. The fourth-order valence-electron chi connectivity index (χ4n) is 3.56. The molecule has 0 unspecified atom stereocenters. The summed E-state index contributed by atoms with van der Waals surface area (Å²) >= 11 is 0. The number of rotatable bonds is 5. The van der Waals surface area contributed by atoms with Gasteiger partial charge < -0.3 is 4.57 Å². The van der Waals surface area contributed by atoms with Gasteiger partial charge in [-0.25, -0.2) is 14.2 Å². The molecule has 7 heteroatoms. The van der Waals surface area contributed by atoms with E-state index in [4.69, 9.17) is 0 Å². The Morgan fingerprint density at radius 1 is 1.00 bits per heavy atom. The first-order chi connectivity index (χ1) is 14.0. The molecule has 0 atom stereocenters. The summed E-state index contributed by atoms with van der Waals surface area (Å²) < 4.78 is 18.3. The van der Waals surface area contributed by atoms with E-state index in [1.165, 1.54) is 21.3 Å². The maximum absolute atomic E-state index is 13.9. The number of halogens is 1. The lowest BCUT2D eigenvalue weighted by Crippen LogP contribution is -2.39. The molecule has 148 valence electrons. The van der Waals surface area contributed by atoms with Crippen LogP contribution < -0.4 is 11.2 Å². The van der Waals surface area contributed by atoms with Gasteiger partial charge in [-0.2, -0.15) is 0 Å². The smallest absolute Gasteiger partial charge is 0.314 e. The van der Waals surface area contributed by atoms with Gasteiger partial charge in [-0.15, -0.1) is 0 Å². The Morgan fingerprint density at radius 2 is 1.76 bits per heavy atom. The van der Waals surface area contributed by atoms with Gasteiger partial charge in [0.15, 0.2) is 11.2 Å². The summed E-state index contributed by atoms with van der Waals surface area (Å²) in [5, 5.41) is 0. The number of nitrogens with zero attached hydrogens (tertiary/aromatic N) is 4. The molecule has 0 aliphatic rings. The van der Waals surface area contributed by atoms with E-state index in [1.54, 1.807) is 23.7 Å². The van der Waals surface area contributed by atoms with Crippen LogP contribution in [0, 0.1) is 5.82 Å². The Morgan fingerprint density at radius 3 is 2.45 bits per heavy atom. The molecule has 0 bridgehead atoms. The van der Waals surface area contributed by atoms with Crippen molar-refractivity contribution in [3.8, 4) is 11.4 Å². The molecule has 2 aromatic heterocycles. The van der Waals surface area contributed by atoms with Gasteiger partial charge >= 0.3 is 5.69 Å². The van der Waals surface area contributed by atoms with Crippen LogP contribution in [0.1, 0.15) is 18.9 Å². The maximum atomic E-state index is 13.9. The molecule has 0 N–H and O–H groups in total. The second kappa shape index (κ2) is 7.50. The second-order valence-corrected chi connectivity index (χ2v) is 6.99. The highest BCUT2D eigenvalue weighted by Crippen LogP contribution is 2.24. The number of aryl methyl sites for hydroxylation is 1. The monoisotopic (exact) mass is 392 g/mol. The zero-order valence-corrected chi connectivity index (χ0v) is 16.3. The minimum absolute atomic E-state index is 0.294. The first-order valence-electron chi connectivity index (χ1n) is 9.51. The largest absolute Gasteiger partial charge is 0.332 e. The molecule has 0 spiro atoms. The lowest BCUT2D eigenvalue weighted by atomic mass is 10.2. The second-order valence-electron chi connectivity index (χ2n) is 6.99. The highest BCUT2D eigenvalue weighted by Gasteiger charge is 2.21. The Labute approximate surface area is 166 Å². The van der Waals surface area contributed by atoms with Gasteiger partial charge in [0.05, 0.1) is 0 Å². The van der Waals surface area contributed by atoms with Crippen molar-refractivity contribution < 1.29 is 4.39 Å². The van der Waals surface area contributed by atoms with Crippen LogP contribution in [0.2, 0.25) is 0 Å². The number of hydrogen-bond acceptors (Lipinski definition) is 3. The molecule has 4 rings (SSSR count). The van der Waals surface area contributed by atoms with E-state index in [1.807, 2.05) is 37.3 Å². The van der Waals surface area contributed by atoms with Crippen molar-refractivity contribution in [1.29, 1.82) is 0 Å². The maximum Gasteiger partial charge on any atom is 0.332 e. The van der Waals surface area contributed by atoms with Gasteiger partial charge in [0.2, 0.25) is 0 Å². The van der Waals surface area contributed by atoms with Gasteiger partial charge in [0.1, 0.15) is 11.6 Å². The summed E-state index contributed by atoms with van der Waals surface area (Å²) in [6, 6.07) is 15.7. The lowest BCUT2D eigenvalue weighted by Gasteiger charge is -2.11. The van der Waals surface area contributed by atoms with Crippen LogP contribution in [0.15, 0.2) is 64.2 Å². The molecule has 0 radical (unpaired) electrons. The zero-order valence-electron chi connectivity index (χ0n) is 16.3. The molecule has 0 aliphatic carbocycles. The lowest BCUT2D eigenvalue weighted by molar-refractivity contribution is 0.590. The van der Waals surface area contributed by atoms with Crippen molar-refractivity contribution in [1.82, 2.24) is 18.7 Å². The fraction of sp³-hybridized carbons (Fsp3) is 0.227. The molecule has 2 aromatic carbocycles. The van der Waals surface area contributed by atoms with Gasteiger partial charge in [-0.05, 0) is 24.1 Å². The molecule has 0 amide bonds. The number of hydrogen-bond donors (Lipinski definition) is 0. The summed E-state index contributed by atoms with van der Waals surface area (Å²) in [5.41, 5.74) is 1.37. The van der Waals surface area contributed by atoms with Gasteiger partial charge in [0, 0.05) is 25.7 Å². The Balaban J connectivity index is 2.08. The number of aromatic nitrogens is 4. The zero-order chi connectivity index (χ0) is 20.5. The van der Waals surface area contributed by atoms with Crippen LogP contribution in [0.3, 0.4) is 0 Å². The third-order valence-corrected chi connectivity index (χ3v) is 4.95. The van der Waals surface area contributed by atoms with Crippen LogP contribution >= 0.6 is 0 Å². The van der Waals surface area contributed by atoms with Crippen molar-refractivity contribution in [2.45, 2.75) is 26.4 Å². The first-order valence-corrected chi connectivity index (χ1v) is 9.51. The SMILES string of the molecule is CCCn1c(=O)c2c(nc(-c3cccc(F)c3)n2Cc2ccccc2)n(C)c1=O. The summed E-state index contributed by atoms with van der Waals surface area (Å²) in [6.45, 7) is 2.62. The molecular weight excluding hydrogens is 371 g/mol. The minimum atomic E-state index is -0.403. The van der Waals surface area contributed by atoms with Crippen LogP contribution in [0.5, 0.6) is 0 Å². The van der Waals surface area contributed by atoms with Crippen molar-refractivity contribution in [3.63, 3.8) is 0 Å². The number of imidazole rings is 1. The first kappa shape index (κ1) is 18.9. The number of benzene rings is 2. The van der Waals surface area contributed by atoms with E-state index in [0.717, 1.165) is 5.56 Å². The van der Waals surface area contributed by atoms with Crippen molar-refractivity contribution in [2.24, 2.45) is 7.05 Å². The third-order valence-electron chi connectivity index (χ3n) is 4.95. The Bertz CT molecular complexity index is 1300. The fourth-order valence-corrected chi connectivity index (χ4v) is 3.56. The van der Waals surface area contributed by atoms with Crippen molar-refractivity contribution in [2.75, 3.05) is 0 Å². The molecule has 0 fully saturated rings. The molecule has 0 saturated heterocycles. The predicted molar refractivity (Wildman–Crippen MR) is 110 cm³/mol. The average Bonchev–Trinajstić information content (AvgIpc) is 3.10. The average molecular weight is 392 g/mol. The highest BCUT2D eigenvalue weighted by molar-refractivity contribution is 5.77. The normalized spacial score (nSPS) is 11.3. The van der Waals surface area contributed by atoms with Crippen LogP contribution in [-0.2, 0) is 20.1 Å². The van der Waals surface area contributed by atoms with Crippen LogP contribution in [0.4, 0.5) is 4.39 Å². The predicted octanol–water partition coefficient (Wildman–Crippen LogP) is 3.16. The van der Waals surface area contributed by atoms with Crippen molar-refractivity contribution in [3.05, 3.63) is 86.8 Å². The van der Waals surface area contributed by atoms with E-state index < -0.39 is 11.5 Å². The van der Waals surface area contributed by atoms with E-state index in [9.17, 15) is 14.0 Å². The topological polar surface area (TPSA) is 61.8 Å². The van der Waals surface area contributed by atoms with Gasteiger partial charge in [-0.1, -0.05) is 49.4 Å². The summed E-state index contributed by atoms with van der Waals surface area (Å²) in [6.07, 6.45) is 0.657. The van der Waals surface area contributed by atoms with E-state index in [2.05, 4.69) is 4.98 Å². The van der Waals surface area contributed by atoms with E-state index in [0.29, 0.717) is 42.1 Å². The van der Waals surface area contributed by atoms with E-state index >= 15 is 0 Å². The summed E-state index contributed by atoms with van der Waals surface area (Å²) in [7, 11) is 1.60. The van der Waals surface area contributed by atoms with E-state index in [-0.39, 0.29) is 5.56 Å². The van der Waals surface area contributed by atoms with Crippen molar-refractivity contribution >= 4 is 11.2 Å². The molecule has 29 heavy (non-hydrogen) atoms. The third kappa shape index (κ3) is 3.29. The van der Waals surface area contributed by atoms with Gasteiger partial charge in [0.25, 0.3) is 5.56 Å². The molecule has 4 aromatic rings. The Hall–Kier alpha value is -3.48. The highest BCUT2D eigenvalue weighted by atomic mass is 19.1. The summed E-state index contributed by atoms with van der Waals surface area (Å²) in [5.74, 6) is 0.0581. The minimum Gasteiger partial charge on any atom is -0.314 e. The molecular formula is C22H21FN4O2. The molecule has 2 heterocycles. The molecule has 0 saturated carbocycles. The van der Waals surface area contributed by atoms with Crippen LogP contribution in [0.25, 0.3) is 22.6 Å². The molecule has 0 aliphatic heterocycles. The Kier molecular flexibility index (Phi) is 4.88.